The van der Waals surface area contributed by atoms with Gasteiger partial charge in [-0.25, -0.2) is 9.97 Å². The van der Waals surface area contributed by atoms with Gasteiger partial charge in [0.05, 0.1) is 18.3 Å². The molecule has 0 bridgehead atoms. The Balaban J connectivity index is 1.59. The van der Waals surface area contributed by atoms with Gasteiger partial charge >= 0.3 is 5.97 Å². The van der Waals surface area contributed by atoms with Crippen molar-refractivity contribution in [2.24, 2.45) is 17.3 Å². The zero-order chi connectivity index (χ0) is 21.2. The molecule has 0 amide bonds. The average Bonchev–Trinajstić information content (AvgIpc) is 2.67. The summed E-state index contributed by atoms with van der Waals surface area (Å²) in [7, 11) is 0. The van der Waals surface area contributed by atoms with Crippen molar-refractivity contribution < 1.29 is 9.53 Å². The summed E-state index contributed by atoms with van der Waals surface area (Å²) in [6.07, 6.45) is 7.17. The molecule has 1 aliphatic carbocycles. The summed E-state index contributed by atoms with van der Waals surface area (Å²) >= 11 is 0. The molecule has 1 aliphatic rings. The second-order valence-electron chi connectivity index (χ2n) is 10.4. The van der Waals surface area contributed by atoms with Crippen molar-refractivity contribution in [3.8, 4) is 17.1 Å². The Kier molecular flexibility index (Phi) is 6.11. The molecule has 1 saturated carbocycles. The van der Waals surface area contributed by atoms with Gasteiger partial charge < -0.3 is 4.74 Å². The molecule has 0 unspecified atom stereocenters. The third-order valence-electron chi connectivity index (χ3n) is 6.14. The minimum Gasteiger partial charge on any atom is -0.423 e. The highest BCUT2D eigenvalue weighted by atomic mass is 16.5. The predicted octanol–water partition coefficient (Wildman–Crippen LogP) is 6.20. The maximum absolute atomic E-state index is 12.5. The van der Waals surface area contributed by atoms with Gasteiger partial charge in [-0.1, -0.05) is 65.8 Å². The minimum absolute atomic E-state index is 0.0155. The molecule has 29 heavy (non-hydrogen) atoms. The summed E-state index contributed by atoms with van der Waals surface area (Å²) in [5.74, 6) is 1.57. The first kappa shape index (κ1) is 21.5. The number of hydrogen-bond acceptors (Lipinski definition) is 4. The van der Waals surface area contributed by atoms with E-state index in [1.165, 1.54) is 5.56 Å². The van der Waals surface area contributed by atoms with Crippen molar-refractivity contribution in [2.75, 3.05) is 0 Å². The minimum atomic E-state index is -0.150. The summed E-state index contributed by atoms with van der Waals surface area (Å²) in [4.78, 5) is 21.3. The van der Waals surface area contributed by atoms with Gasteiger partial charge in [-0.15, -0.1) is 0 Å². The third-order valence-corrected chi connectivity index (χ3v) is 6.14. The summed E-state index contributed by atoms with van der Waals surface area (Å²) in [6.45, 7) is 13.4. The van der Waals surface area contributed by atoms with Crippen LogP contribution in [0.2, 0.25) is 0 Å². The van der Waals surface area contributed by atoms with E-state index in [-0.39, 0.29) is 17.3 Å². The molecule has 1 heterocycles. The van der Waals surface area contributed by atoms with Crippen molar-refractivity contribution in [3.63, 3.8) is 0 Å². The van der Waals surface area contributed by atoms with Gasteiger partial charge in [0.15, 0.2) is 11.6 Å². The molecule has 0 aliphatic heterocycles. The largest absolute Gasteiger partial charge is 0.423 e. The van der Waals surface area contributed by atoms with Gasteiger partial charge in [-0.05, 0) is 48.0 Å². The number of aromatic nitrogens is 2. The van der Waals surface area contributed by atoms with Crippen LogP contribution in [-0.2, 0) is 10.2 Å². The third kappa shape index (κ3) is 5.43. The molecule has 0 N–H and O–H groups in total. The van der Waals surface area contributed by atoms with E-state index in [1.807, 2.05) is 12.1 Å². The molecule has 4 nitrogen and oxygen atoms in total. The second kappa shape index (κ2) is 8.25. The van der Waals surface area contributed by atoms with Crippen molar-refractivity contribution >= 4 is 5.97 Å². The first-order chi connectivity index (χ1) is 13.5. The van der Waals surface area contributed by atoms with E-state index in [2.05, 4.69) is 63.6 Å². The number of esters is 1. The van der Waals surface area contributed by atoms with E-state index in [0.29, 0.717) is 22.9 Å². The Bertz CT molecular complexity index is 819. The zero-order valence-corrected chi connectivity index (χ0v) is 18.7. The molecule has 1 fully saturated rings. The molecule has 0 radical (unpaired) electrons. The summed E-state index contributed by atoms with van der Waals surface area (Å²) in [5.41, 5.74) is 2.65. The number of carbonyl (C=O) groups excluding carboxylic acids is 1. The number of carbonyl (C=O) groups is 1. The van der Waals surface area contributed by atoms with Crippen LogP contribution in [0.4, 0.5) is 0 Å². The van der Waals surface area contributed by atoms with E-state index in [4.69, 9.17) is 4.74 Å². The molecule has 156 valence electrons. The molecule has 0 spiro atoms. The molecule has 0 atom stereocenters. The fourth-order valence-electron chi connectivity index (χ4n) is 4.03. The first-order valence-electron chi connectivity index (χ1n) is 10.7. The smallest absolute Gasteiger partial charge is 0.314 e. The first-order valence-corrected chi connectivity index (χ1v) is 10.7. The predicted molar refractivity (Wildman–Crippen MR) is 117 cm³/mol. The highest BCUT2D eigenvalue weighted by Gasteiger charge is 2.33. The molecule has 2 aromatic rings. The fraction of sp³-hybridized carbons (Fsp3) is 0.560. The fourth-order valence-corrected chi connectivity index (χ4v) is 4.03. The molecular weight excluding hydrogens is 360 g/mol. The van der Waals surface area contributed by atoms with Crippen LogP contribution >= 0.6 is 0 Å². The number of hydrogen-bond donors (Lipinski definition) is 0. The Hall–Kier alpha value is -2.23. The molecule has 0 saturated heterocycles. The summed E-state index contributed by atoms with van der Waals surface area (Å²) in [5, 5.41) is 0. The van der Waals surface area contributed by atoms with E-state index in [0.717, 1.165) is 31.2 Å². The van der Waals surface area contributed by atoms with Crippen molar-refractivity contribution in [1.82, 2.24) is 9.97 Å². The molecule has 4 heteroatoms. The Morgan fingerprint density at radius 1 is 0.897 bits per heavy atom. The van der Waals surface area contributed by atoms with Gasteiger partial charge in [0.1, 0.15) is 0 Å². The lowest BCUT2D eigenvalue weighted by Crippen LogP contribution is -2.30. The van der Waals surface area contributed by atoms with Crippen molar-refractivity contribution in [1.29, 1.82) is 0 Å². The highest BCUT2D eigenvalue weighted by Crippen LogP contribution is 2.40. The van der Waals surface area contributed by atoms with Crippen molar-refractivity contribution in [2.45, 2.75) is 72.6 Å². The molecule has 1 aromatic carbocycles. The van der Waals surface area contributed by atoms with E-state index < -0.39 is 0 Å². The van der Waals surface area contributed by atoms with E-state index in [1.54, 1.807) is 12.4 Å². The highest BCUT2D eigenvalue weighted by molar-refractivity contribution is 5.75. The zero-order valence-electron chi connectivity index (χ0n) is 18.7. The van der Waals surface area contributed by atoms with E-state index in [9.17, 15) is 4.79 Å². The van der Waals surface area contributed by atoms with Crippen LogP contribution in [-0.4, -0.2) is 15.9 Å². The van der Waals surface area contributed by atoms with Crippen LogP contribution in [0.3, 0.4) is 0 Å². The number of ether oxygens (including phenoxy) is 1. The quantitative estimate of drug-likeness (QED) is 0.582. The van der Waals surface area contributed by atoms with Gasteiger partial charge in [0.2, 0.25) is 0 Å². The maximum Gasteiger partial charge on any atom is 0.314 e. The summed E-state index contributed by atoms with van der Waals surface area (Å²) < 4.78 is 5.57. The van der Waals surface area contributed by atoms with Crippen LogP contribution in [0.15, 0.2) is 36.7 Å². The van der Waals surface area contributed by atoms with E-state index >= 15 is 0 Å². The summed E-state index contributed by atoms with van der Waals surface area (Å²) in [6, 6.07) is 8.30. The van der Waals surface area contributed by atoms with Crippen LogP contribution in [0.1, 0.15) is 72.8 Å². The Labute approximate surface area is 175 Å². The topological polar surface area (TPSA) is 52.1 Å². The number of benzene rings is 1. The van der Waals surface area contributed by atoms with Crippen LogP contribution < -0.4 is 4.74 Å². The maximum atomic E-state index is 12.5. The Morgan fingerprint density at radius 3 is 1.93 bits per heavy atom. The average molecular weight is 395 g/mol. The lowest BCUT2D eigenvalue weighted by atomic mass is 9.70. The lowest BCUT2D eigenvalue weighted by molar-refractivity contribution is -0.140. The molecule has 3 rings (SSSR count). The number of rotatable bonds is 3. The van der Waals surface area contributed by atoms with Crippen molar-refractivity contribution in [3.05, 3.63) is 42.2 Å². The second-order valence-corrected chi connectivity index (χ2v) is 10.4. The SMILES string of the molecule is CC(C)(C)c1ccc(-c2ncc(OC(=O)C3CCC(C(C)(C)C)CC3)cn2)cc1. The molecule has 1 aromatic heterocycles. The standard InChI is InChI=1S/C25H34N2O2/c1-24(2,3)19-11-7-17(8-12-19)22-26-15-21(16-27-22)29-23(28)18-9-13-20(14-10-18)25(4,5)6/h7-8,11-12,15-16,18,20H,9-10,13-14H2,1-6H3. The van der Waals surface area contributed by atoms with Gasteiger partial charge in [0.25, 0.3) is 0 Å². The van der Waals surface area contributed by atoms with Gasteiger partial charge in [-0.3, -0.25) is 4.79 Å². The lowest BCUT2D eigenvalue weighted by Gasteiger charge is -2.36. The Morgan fingerprint density at radius 2 is 1.45 bits per heavy atom. The van der Waals surface area contributed by atoms with Gasteiger partial charge in [-0.2, -0.15) is 0 Å². The molecular formula is C25H34N2O2. The van der Waals surface area contributed by atoms with Crippen LogP contribution in [0.5, 0.6) is 5.75 Å². The van der Waals surface area contributed by atoms with Crippen LogP contribution in [0, 0.1) is 17.3 Å². The number of nitrogens with zero attached hydrogens (tertiary/aromatic N) is 2. The van der Waals surface area contributed by atoms with Gasteiger partial charge in [0, 0.05) is 5.56 Å². The monoisotopic (exact) mass is 394 g/mol. The van der Waals surface area contributed by atoms with Crippen LogP contribution in [0.25, 0.3) is 11.4 Å². The normalized spacial score (nSPS) is 20.3.